The molecule has 2 rings (SSSR count). The maximum Gasteiger partial charge on any atom is 0.122 e. The highest BCUT2D eigenvalue weighted by atomic mass is 16.5. The van der Waals surface area contributed by atoms with Crippen molar-refractivity contribution in [2.24, 2.45) is 0 Å². The van der Waals surface area contributed by atoms with Crippen LogP contribution in [0.3, 0.4) is 0 Å². The Morgan fingerprint density at radius 3 is 2.71 bits per heavy atom. The maximum absolute atomic E-state index is 9.52. The van der Waals surface area contributed by atoms with Crippen LogP contribution >= 0.6 is 0 Å². The van der Waals surface area contributed by atoms with Gasteiger partial charge in [0.2, 0.25) is 0 Å². The minimum atomic E-state index is -0.144. The number of benzene rings is 1. The first-order valence-corrected chi connectivity index (χ1v) is 6.14. The number of hydrogen-bond acceptors (Lipinski definition) is 3. The molecule has 0 aromatic heterocycles. The average Bonchev–Trinajstić information content (AvgIpc) is 2.69. The zero-order chi connectivity index (χ0) is 12.4. The number of aliphatic hydroxyl groups excluding tert-OH is 1. The van der Waals surface area contributed by atoms with E-state index in [2.05, 4.69) is 30.9 Å². The standard InChI is InChI=1S/C14H21NO2/c1-10-7-14(17-3)11(2)6-12(10)8-15-5-4-13(16)9-15/h6-7,13,16H,4-5,8-9H2,1-3H3. The molecular weight excluding hydrogens is 214 g/mol. The maximum atomic E-state index is 9.52. The molecule has 1 fully saturated rings. The van der Waals surface area contributed by atoms with Crippen molar-refractivity contribution in [3.05, 3.63) is 28.8 Å². The van der Waals surface area contributed by atoms with Crippen LogP contribution in [0.15, 0.2) is 12.1 Å². The van der Waals surface area contributed by atoms with E-state index >= 15 is 0 Å². The first kappa shape index (κ1) is 12.4. The molecule has 1 aromatic carbocycles. The van der Waals surface area contributed by atoms with Crippen LogP contribution in [-0.2, 0) is 6.54 Å². The van der Waals surface area contributed by atoms with E-state index in [1.165, 1.54) is 16.7 Å². The monoisotopic (exact) mass is 235 g/mol. The highest BCUT2D eigenvalue weighted by Gasteiger charge is 2.20. The Morgan fingerprint density at radius 2 is 2.12 bits per heavy atom. The molecule has 0 radical (unpaired) electrons. The van der Waals surface area contributed by atoms with Gasteiger partial charge >= 0.3 is 0 Å². The summed E-state index contributed by atoms with van der Waals surface area (Å²) >= 11 is 0. The molecule has 1 atom stereocenters. The first-order valence-electron chi connectivity index (χ1n) is 6.14. The van der Waals surface area contributed by atoms with Gasteiger partial charge in [-0.3, -0.25) is 4.90 Å². The third-order valence-electron chi connectivity index (χ3n) is 3.49. The smallest absolute Gasteiger partial charge is 0.122 e. The minimum absolute atomic E-state index is 0.144. The van der Waals surface area contributed by atoms with E-state index in [0.29, 0.717) is 0 Å². The number of β-amino-alcohol motifs (C(OH)–C–C–N with tert-alkyl or cyclic N) is 1. The third kappa shape index (κ3) is 2.79. The molecule has 1 heterocycles. The Labute approximate surface area is 103 Å². The van der Waals surface area contributed by atoms with E-state index in [-0.39, 0.29) is 6.10 Å². The summed E-state index contributed by atoms with van der Waals surface area (Å²) in [6.07, 6.45) is 0.753. The molecule has 1 aromatic rings. The number of rotatable bonds is 3. The van der Waals surface area contributed by atoms with Crippen LogP contribution in [0.2, 0.25) is 0 Å². The second kappa shape index (κ2) is 5.07. The van der Waals surface area contributed by atoms with Crippen LogP contribution < -0.4 is 4.74 Å². The lowest BCUT2D eigenvalue weighted by molar-refractivity contribution is 0.174. The van der Waals surface area contributed by atoms with Crippen molar-refractivity contribution < 1.29 is 9.84 Å². The predicted octanol–water partition coefficient (Wildman–Crippen LogP) is 1.88. The number of aliphatic hydroxyl groups is 1. The van der Waals surface area contributed by atoms with Gasteiger partial charge in [-0.15, -0.1) is 0 Å². The van der Waals surface area contributed by atoms with Crippen molar-refractivity contribution in [3.8, 4) is 5.75 Å². The van der Waals surface area contributed by atoms with Crippen LogP contribution in [0.5, 0.6) is 5.75 Å². The fourth-order valence-electron chi connectivity index (χ4n) is 2.44. The van der Waals surface area contributed by atoms with Gasteiger partial charge in [0.1, 0.15) is 5.75 Å². The molecule has 0 saturated carbocycles. The molecule has 1 unspecified atom stereocenters. The lowest BCUT2D eigenvalue weighted by Crippen LogP contribution is -2.22. The number of methoxy groups -OCH3 is 1. The Kier molecular flexibility index (Phi) is 3.69. The van der Waals surface area contributed by atoms with Crippen molar-refractivity contribution in [2.45, 2.75) is 32.9 Å². The van der Waals surface area contributed by atoms with Crippen molar-refractivity contribution in [1.82, 2.24) is 4.90 Å². The van der Waals surface area contributed by atoms with Crippen LogP contribution in [0.4, 0.5) is 0 Å². The van der Waals surface area contributed by atoms with E-state index in [9.17, 15) is 5.11 Å². The Balaban J connectivity index is 2.13. The second-order valence-corrected chi connectivity index (χ2v) is 4.93. The Morgan fingerprint density at radius 1 is 1.35 bits per heavy atom. The topological polar surface area (TPSA) is 32.7 Å². The summed E-state index contributed by atoms with van der Waals surface area (Å²) in [5.74, 6) is 0.952. The number of hydrogen-bond donors (Lipinski definition) is 1. The molecule has 1 saturated heterocycles. The summed E-state index contributed by atoms with van der Waals surface area (Å²) < 4.78 is 5.31. The predicted molar refractivity (Wildman–Crippen MR) is 68.4 cm³/mol. The fraction of sp³-hybridized carbons (Fsp3) is 0.571. The molecule has 0 spiro atoms. The molecule has 17 heavy (non-hydrogen) atoms. The molecule has 94 valence electrons. The molecule has 0 bridgehead atoms. The molecule has 0 amide bonds. The molecule has 1 aliphatic rings. The lowest BCUT2D eigenvalue weighted by Gasteiger charge is -2.18. The highest BCUT2D eigenvalue weighted by molar-refractivity contribution is 5.41. The zero-order valence-electron chi connectivity index (χ0n) is 10.9. The Bertz CT molecular complexity index is 403. The SMILES string of the molecule is COc1cc(C)c(CN2CCC(O)C2)cc1C. The lowest BCUT2D eigenvalue weighted by atomic mass is 10.0. The highest BCUT2D eigenvalue weighted by Crippen LogP contribution is 2.24. The van der Waals surface area contributed by atoms with Crippen molar-refractivity contribution >= 4 is 0 Å². The molecule has 3 nitrogen and oxygen atoms in total. The molecule has 0 aliphatic carbocycles. The molecular formula is C14H21NO2. The van der Waals surface area contributed by atoms with Crippen molar-refractivity contribution in [1.29, 1.82) is 0 Å². The van der Waals surface area contributed by atoms with Crippen molar-refractivity contribution in [3.63, 3.8) is 0 Å². The van der Waals surface area contributed by atoms with Crippen molar-refractivity contribution in [2.75, 3.05) is 20.2 Å². The minimum Gasteiger partial charge on any atom is -0.496 e. The fourth-order valence-corrected chi connectivity index (χ4v) is 2.44. The normalized spacial score (nSPS) is 20.8. The second-order valence-electron chi connectivity index (χ2n) is 4.93. The van der Waals surface area contributed by atoms with E-state index in [1.54, 1.807) is 7.11 Å². The quantitative estimate of drug-likeness (QED) is 0.868. The van der Waals surface area contributed by atoms with Crippen LogP contribution in [0.1, 0.15) is 23.1 Å². The molecule has 1 N–H and O–H groups in total. The van der Waals surface area contributed by atoms with Crippen LogP contribution in [-0.4, -0.2) is 36.3 Å². The van der Waals surface area contributed by atoms with Gasteiger partial charge in [-0.25, -0.2) is 0 Å². The van der Waals surface area contributed by atoms with Crippen LogP contribution in [0, 0.1) is 13.8 Å². The summed E-state index contributed by atoms with van der Waals surface area (Å²) in [6, 6.07) is 4.29. The van der Waals surface area contributed by atoms with Gasteiger partial charge < -0.3 is 9.84 Å². The van der Waals surface area contributed by atoms with Gasteiger partial charge in [0.05, 0.1) is 13.2 Å². The van der Waals surface area contributed by atoms with Gasteiger partial charge in [0.15, 0.2) is 0 Å². The number of aryl methyl sites for hydroxylation is 2. The molecule has 1 aliphatic heterocycles. The van der Waals surface area contributed by atoms with Gasteiger partial charge in [-0.1, -0.05) is 6.07 Å². The number of nitrogens with zero attached hydrogens (tertiary/aromatic N) is 1. The number of ether oxygens (including phenoxy) is 1. The summed E-state index contributed by atoms with van der Waals surface area (Å²) in [5, 5.41) is 9.52. The average molecular weight is 235 g/mol. The molecule has 3 heteroatoms. The van der Waals surface area contributed by atoms with E-state index < -0.39 is 0 Å². The summed E-state index contributed by atoms with van der Waals surface area (Å²) in [4.78, 5) is 2.30. The van der Waals surface area contributed by atoms with Gasteiger partial charge in [0, 0.05) is 19.6 Å². The van der Waals surface area contributed by atoms with Crippen LogP contribution in [0.25, 0.3) is 0 Å². The van der Waals surface area contributed by atoms with Gasteiger partial charge in [-0.2, -0.15) is 0 Å². The summed E-state index contributed by atoms with van der Waals surface area (Å²) in [5.41, 5.74) is 3.76. The first-order chi connectivity index (χ1) is 8.10. The van der Waals surface area contributed by atoms with E-state index in [1.807, 2.05) is 0 Å². The Hall–Kier alpha value is -1.06. The largest absolute Gasteiger partial charge is 0.496 e. The summed E-state index contributed by atoms with van der Waals surface area (Å²) in [6.45, 7) is 6.90. The zero-order valence-corrected chi connectivity index (χ0v) is 10.9. The van der Waals surface area contributed by atoms with Gasteiger partial charge in [-0.05, 0) is 43.0 Å². The van der Waals surface area contributed by atoms with E-state index in [4.69, 9.17) is 4.74 Å². The number of likely N-dealkylation sites (tertiary alicyclic amines) is 1. The van der Waals surface area contributed by atoms with E-state index in [0.717, 1.165) is 31.8 Å². The summed E-state index contributed by atoms with van der Waals surface area (Å²) in [7, 11) is 1.71. The van der Waals surface area contributed by atoms with Gasteiger partial charge in [0.25, 0.3) is 0 Å². The third-order valence-corrected chi connectivity index (χ3v) is 3.49.